The number of pyridine rings is 1. The van der Waals surface area contributed by atoms with Crippen molar-refractivity contribution in [2.75, 3.05) is 26.8 Å². The number of ether oxygens (including phenoxy) is 1. The maximum atomic E-state index is 12.4. The van der Waals surface area contributed by atoms with Crippen molar-refractivity contribution in [3.63, 3.8) is 0 Å². The van der Waals surface area contributed by atoms with Crippen LogP contribution in [0.1, 0.15) is 47.8 Å². The Kier molecular flexibility index (Phi) is 6.94. The number of methoxy groups -OCH3 is 1. The Morgan fingerprint density at radius 3 is 2.68 bits per heavy atom. The van der Waals surface area contributed by atoms with Crippen LogP contribution in [0.25, 0.3) is 5.52 Å². The zero-order valence-electron chi connectivity index (χ0n) is 15.0. The number of nitrogens with zero attached hydrogens (tertiary/aromatic N) is 2. The molecule has 2 N–H and O–H groups in total. The van der Waals surface area contributed by atoms with Crippen molar-refractivity contribution in [2.45, 2.75) is 26.7 Å². The van der Waals surface area contributed by atoms with E-state index in [2.05, 4.69) is 29.5 Å². The molecule has 0 saturated carbocycles. The van der Waals surface area contributed by atoms with E-state index in [0.29, 0.717) is 31.1 Å². The summed E-state index contributed by atoms with van der Waals surface area (Å²) in [5, 5.41) is 5.67. The maximum Gasteiger partial charge on any atom is 0.287 e. The first kappa shape index (κ1) is 18.9. The summed E-state index contributed by atoms with van der Waals surface area (Å²) in [6, 6.07) is 5.40. The summed E-state index contributed by atoms with van der Waals surface area (Å²) in [5.41, 5.74) is 0.868. The Morgan fingerprint density at radius 1 is 1.20 bits per heavy atom. The van der Waals surface area contributed by atoms with Crippen molar-refractivity contribution in [3.05, 3.63) is 35.9 Å². The van der Waals surface area contributed by atoms with Gasteiger partial charge in [0.05, 0.1) is 5.52 Å². The first-order chi connectivity index (χ1) is 12.0. The molecule has 0 fully saturated rings. The van der Waals surface area contributed by atoms with E-state index in [0.717, 1.165) is 12.8 Å². The second kappa shape index (κ2) is 9.17. The highest BCUT2D eigenvalue weighted by molar-refractivity contribution is 6.02. The smallest absolute Gasteiger partial charge is 0.287 e. The molecule has 2 aromatic rings. The second-order valence-corrected chi connectivity index (χ2v) is 6.28. The van der Waals surface area contributed by atoms with Crippen LogP contribution in [-0.4, -0.2) is 48.0 Å². The van der Waals surface area contributed by atoms with E-state index in [9.17, 15) is 9.59 Å². The highest BCUT2D eigenvalue weighted by Crippen LogP contribution is 2.13. The van der Waals surface area contributed by atoms with Gasteiger partial charge in [-0.15, -0.1) is 0 Å². The quantitative estimate of drug-likeness (QED) is 0.679. The minimum Gasteiger partial charge on any atom is -0.385 e. The van der Waals surface area contributed by atoms with Crippen LogP contribution in [0.2, 0.25) is 0 Å². The van der Waals surface area contributed by atoms with Gasteiger partial charge in [0, 0.05) is 33.0 Å². The van der Waals surface area contributed by atoms with Gasteiger partial charge in [-0.25, -0.2) is 4.98 Å². The third kappa shape index (κ3) is 5.03. The summed E-state index contributed by atoms with van der Waals surface area (Å²) in [4.78, 5) is 29.1. The van der Waals surface area contributed by atoms with E-state index < -0.39 is 0 Å². The highest BCUT2D eigenvalue weighted by Gasteiger charge is 2.20. The average molecular weight is 346 g/mol. The fraction of sp³-hybridized carbons (Fsp3) is 0.500. The largest absolute Gasteiger partial charge is 0.385 e. The lowest BCUT2D eigenvalue weighted by molar-refractivity contribution is 0.0941. The van der Waals surface area contributed by atoms with E-state index >= 15 is 0 Å². The Hall–Kier alpha value is -2.41. The maximum absolute atomic E-state index is 12.4. The zero-order chi connectivity index (χ0) is 18.2. The number of nitrogens with one attached hydrogen (secondary N) is 2. The predicted octanol–water partition coefficient (Wildman–Crippen LogP) is 1.88. The van der Waals surface area contributed by atoms with Crippen molar-refractivity contribution in [2.24, 2.45) is 5.92 Å². The fourth-order valence-corrected chi connectivity index (χ4v) is 2.42. The van der Waals surface area contributed by atoms with Gasteiger partial charge >= 0.3 is 0 Å². The Labute approximate surface area is 147 Å². The second-order valence-electron chi connectivity index (χ2n) is 6.28. The summed E-state index contributed by atoms with van der Waals surface area (Å²) >= 11 is 0. The molecule has 0 aliphatic heterocycles. The van der Waals surface area contributed by atoms with Gasteiger partial charge in [-0.05, 0) is 30.9 Å². The van der Waals surface area contributed by atoms with Gasteiger partial charge in [0.1, 0.15) is 0 Å². The molecule has 2 rings (SSSR count). The molecule has 0 aliphatic carbocycles. The molecule has 0 bridgehead atoms. The van der Waals surface area contributed by atoms with Crippen LogP contribution in [0.4, 0.5) is 0 Å². The lowest BCUT2D eigenvalue weighted by atomic mass is 10.1. The Bertz CT molecular complexity index is 724. The molecular formula is C18H26N4O3. The number of rotatable bonds is 9. The van der Waals surface area contributed by atoms with Crippen LogP contribution in [0, 0.1) is 5.92 Å². The number of hydrogen-bond acceptors (Lipinski definition) is 4. The average Bonchev–Trinajstić information content (AvgIpc) is 2.98. The van der Waals surface area contributed by atoms with Gasteiger partial charge in [-0.3, -0.25) is 14.0 Å². The minimum absolute atomic E-state index is 0.224. The summed E-state index contributed by atoms with van der Waals surface area (Å²) in [7, 11) is 1.62. The number of carbonyl (C=O) groups excluding carboxylic acids is 2. The fourth-order valence-electron chi connectivity index (χ4n) is 2.42. The predicted molar refractivity (Wildman–Crippen MR) is 95.8 cm³/mol. The Balaban J connectivity index is 2.16. The molecule has 7 heteroatoms. The number of hydrogen-bond donors (Lipinski definition) is 2. The molecule has 2 heterocycles. The number of fused-ring (bicyclic) bond motifs is 1. The molecule has 0 spiro atoms. The summed E-state index contributed by atoms with van der Waals surface area (Å²) in [6.45, 7) is 5.85. The van der Waals surface area contributed by atoms with Gasteiger partial charge in [-0.1, -0.05) is 19.9 Å². The normalized spacial score (nSPS) is 11.0. The Morgan fingerprint density at radius 2 is 1.96 bits per heavy atom. The van der Waals surface area contributed by atoms with Crippen molar-refractivity contribution < 1.29 is 14.3 Å². The molecule has 0 atom stereocenters. The molecule has 0 aliphatic rings. The van der Waals surface area contributed by atoms with Crippen LogP contribution in [0.3, 0.4) is 0 Å². The summed E-state index contributed by atoms with van der Waals surface area (Å²) in [6.07, 6.45) is 3.35. The molecule has 0 radical (unpaired) electrons. The first-order valence-electron chi connectivity index (χ1n) is 8.57. The van der Waals surface area contributed by atoms with Gasteiger partial charge in [-0.2, -0.15) is 0 Å². The summed E-state index contributed by atoms with van der Waals surface area (Å²) < 4.78 is 6.61. The van der Waals surface area contributed by atoms with Crippen LogP contribution >= 0.6 is 0 Å². The van der Waals surface area contributed by atoms with E-state index in [-0.39, 0.29) is 23.3 Å². The van der Waals surface area contributed by atoms with Crippen molar-refractivity contribution in [1.29, 1.82) is 0 Å². The molecule has 25 heavy (non-hydrogen) atoms. The lowest BCUT2D eigenvalue weighted by Gasteiger charge is -2.06. The van der Waals surface area contributed by atoms with Gasteiger partial charge < -0.3 is 15.4 Å². The zero-order valence-corrected chi connectivity index (χ0v) is 15.0. The van der Waals surface area contributed by atoms with Gasteiger partial charge in [0.25, 0.3) is 11.8 Å². The van der Waals surface area contributed by atoms with Crippen molar-refractivity contribution in [1.82, 2.24) is 20.0 Å². The molecule has 136 valence electrons. The molecule has 0 saturated heterocycles. The van der Waals surface area contributed by atoms with Gasteiger partial charge in [0.2, 0.25) is 5.82 Å². The number of carbonyl (C=O) groups is 2. The standard InChI is InChI=1S/C18H26N4O3/c1-13(2)8-10-20-18(24)16-21-15(14-7-4-5-11-22(14)16)17(23)19-9-6-12-25-3/h4-5,7,11,13H,6,8-10,12H2,1-3H3,(H,19,23)(H,20,24). The number of aromatic nitrogens is 2. The third-order valence-electron chi connectivity index (χ3n) is 3.78. The summed E-state index contributed by atoms with van der Waals surface area (Å²) in [5.74, 6) is 0.161. The number of amides is 2. The van der Waals surface area contributed by atoms with Crippen LogP contribution in [-0.2, 0) is 4.74 Å². The van der Waals surface area contributed by atoms with E-state index in [1.165, 1.54) is 0 Å². The molecule has 0 aromatic carbocycles. The first-order valence-corrected chi connectivity index (χ1v) is 8.57. The van der Waals surface area contributed by atoms with Crippen LogP contribution in [0.5, 0.6) is 0 Å². The van der Waals surface area contributed by atoms with Gasteiger partial charge in [0.15, 0.2) is 5.69 Å². The monoisotopic (exact) mass is 346 g/mol. The molecular weight excluding hydrogens is 320 g/mol. The van der Waals surface area contributed by atoms with E-state index in [1.807, 2.05) is 6.07 Å². The topological polar surface area (TPSA) is 84.7 Å². The lowest BCUT2D eigenvalue weighted by Crippen LogP contribution is -2.28. The van der Waals surface area contributed by atoms with E-state index in [1.54, 1.807) is 29.8 Å². The minimum atomic E-state index is -0.291. The molecule has 2 amide bonds. The molecule has 7 nitrogen and oxygen atoms in total. The SMILES string of the molecule is COCCCNC(=O)c1nc(C(=O)NCCC(C)C)n2ccccc12. The van der Waals surface area contributed by atoms with Crippen molar-refractivity contribution >= 4 is 17.3 Å². The van der Waals surface area contributed by atoms with Crippen LogP contribution in [0.15, 0.2) is 24.4 Å². The molecule has 2 aromatic heterocycles. The third-order valence-corrected chi connectivity index (χ3v) is 3.78. The molecule has 0 unspecified atom stereocenters. The van der Waals surface area contributed by atoms with E-state index in [4.69, 9.17) is 4.74 Å². The van der Waals surface area contributed by atoms with Crippen LogP contribution < -0.4 is 10.6 Å². The highest BCUT2D eigenvalue weighted by atomic mass is 16.5. The van der Waals surface area contributed by atoms with Crippen molar-refractivity contribution in [3.8, 4) is 0 Å². The number of imidazole rings is 1.